The van der Waals surface area contributed by atoms with Crippen LogP contribution in [0.2, 0.25) is 0 Å². The molecule has 0 aromatic carbocycles. The zero-order valence-electron chi connectivity index (χ0n) is 11.1. The van der Waals surface area contributed by atoms with Crippen LogP contribution in [0, 0.1) is 6.92 Å². The van der Waals surface area contributed by atoms with Gasteiger partial charge in [0.1, 0.15) is 0 Å². The molecule has 0 amide bonds. The molecule has 102 valence electrons. The van der Waals surface area contributed by atoms with E-state index in [0.717, 1.165) is 0 Å². The standard InChI is InChI=1S/C12H16N4O3/c1-7-6-8-9(12(19)15(7)2)10(13-4-5-17)14-16(3)11(8)18/h6,17H,4-5H2,1-3H3,(H,13,14). The van der Waals surface area contributed by atoms with Gasteiger partial charge in [-0.2, -0.15) is 5.10 Å². The Hall–Kier alpha value is -2.15. The molecule has 0 unspecified atom stereocenters. The molecule has 19 heavy (non-hydrogen) atoms. The van der Waals surface area contributed by atoms with Crippen molar-refractivity contribution in [2.75, 3.05) is 18.5 Å². The van der Waals surface area contributed by atoms with Gasteiger partial charge in [0.2, 0.25) is 0 Å². The van der Waals surface area contributed by atoms with Gasteiger partial charge in [0.15, 0.2) is 5.82 Å². The lowest BCUT2D eigenvalue weighted by Gasteiger charge is -2.11. The first-order valence-electron chi connectivity index (χ1n) is 5.89. The topological polar surface area (TPSA) is 89.2 Å². The number of pyridine rings is 1. The molecule has 0 fully saturated rings. The summed E-state index contributed by atoms with van der Waals surface area (Å²) in [5.74, 6) is 0.312. The van der Waals surface area contributed by atoms with E-state index in [9.17, 15) is 9.59 Å². The molecule has 7 nitrogen and oxygen atoms in total. The Morgan fingerprint density at radius 2 is 2.00 bits per heavy atom. The van der Waals surface area contributed by atoms with E-state index in [-0.39, 0.29) is 29.7 Å². The second kappa shape index (κ2) is 4.85. The first-order valence-corrected chi connectivity index (χ1v) is 5.89. The van der Waals surface area contributed by atoms with Crippen molar-refractivity contribution >= 4 is 16.6 Å². The highest BCUT2D eigenvalue weighted by Crippen LogP contribution is 2.14. The van der Waals surface area contributed by atoms with Crippen LogP contribution in [-0.4, -0.2) is 32.6 Å². The molecule has 0 aliphatic heterocycles. The van der Waals surface area contributed by atoms with Crippen molar-refractivity contribution < 1.29 is 5.11 Å². The molecule has 2 rings (SSSR count). The van der Waals surface area contributed by atoms with Crippen LogP contribution in [0.1, 0.15) is 5.69 Å². The molecular weight excluding hydrogens is 248 g/mol. The third-order valence-corrected chi connectivity index (χ3v) is 3.09. The van der Waals surface area contributed by atoms with Gasteiger partial charge in [-0.1, -0.05) is 0 Å². The number of hydrogen-bond acceptors (Lipinski definition) is 5. The van der Waals surface area contributed by atoms with Crippen LogP contribution in [-0.2, 0) is 14.1 Å². The van der Waals surface area contributed by atoms with Crippen LogP contribution in [0.5, 0.6) is 0 Å². The molecule has 0 saturated heterocycles. The van der Waals surface area contributed by atoms with Crippen LogP contribution >= 0.6 is 0 Å². The molecule has 0 saturated carbocycles. The van der Waals surface area contributed by atoms with Crippen LogP contribution < -0.4 is 16.4 Å². The molecule has 0 bridgehead atoms. The highest BCUT2D eigenvalue weighted by atomic mass is 16.3. The lowest BCUT2D eigenvalue weighted by molar-refractivity contribution is 0.311. The van der Waals surface area contributed by atoms with E-state index in [0.29, 0.717) is 16.9 Å². The van der Waals surface area contributed by atoms with E-state index in [1.165, 1.54) is 16.3 Å². The Labute approximate surface area is 109 Å². The Kier molecular flexibility index (Phi) is 3.39. The van der Waals surface area contributed by atoms with Crippen LogP contribution in [0.3, 0.4) is 0 Å². The minimum Gasteiger partial charge on any atom is -0.395 e. The largest absolute Gasteiger partial charge is 0.395 e. The van der Waals surface area contributed by atoms with Gasteiger partial charge in [-0.3, -0.25) is 9.59 Å². The van der Waals surface area contributed by atoms with E-state index in [1.807, 2.05) is 0 Å². The summed E-state index contributed by atoms with van der Waals surface area (Å²) in [5, 5.41) is 16.3. The minimum atomic E-state index is -0.314. The van der Waals surface area contributed by atoms with E-state index in [2.05, 4.69) is 10.4 Å². The molecular formula is C12H16N4O3. The fourth-order valence-electron chi connectivity index (χ4n) is 1.94. The van der Waals surface area contributed by atoms with Gasteiger partial charge in [-0.05, 0) is 13.0 Å². The molecule has 0 aliphatic carbocycles. The average molecular weight is 264 g/mol. The maximum atomic E-state index is 12.3. The first-order chi connectivity index (χ1) is 8.97. The number of rotatable bonds is 3. The van der Waals surface area contributed by atoms with Crippen molar-refractivity contribution in [3.8, 4) is 0 Å². The van der Waals surface area contributed by atoms with Crippen molar-refractivity contribution in [1.29, 1.82) is 0 Å². The summed E-state index contributed by atoms with van der Waals surface area (Å²) in [5.41, 5.74) is 0.111. The Bertz CT molecular complexity index is 745. The van der Waals surface area contributed by atoms with Gasteiger partial charge >= 0.3 is 0 Å². The number of nitrogens with zero attached hydrogens (tertiary/aromatic N) is 3. The zero-order chi connectivity index (χ0) is 14.2. The van der Waals surface area contributed by atoms with Crippen LogP contribution in [0.15, 0.2) is 15.7 Å². The Balaban J connectivity index is 2.90. The Morgan fingerprint density at radius 1 is 1.32 bits per heavy atom. The average Bonchev–Trinajstić information content (AvgIpc) is 2.38. The minimum absolute atomic E-state index is 0.0851. The highest BCUT2D eigenvalue weighted by molar-refractivity contribution is 5.90. The predicted octanol–water partition coefficient (Wildman–Crippen LogP) is -0.655. The number of aliphatic hydroxyl groups excluding tert-OH is 1. The lowest BCUT2D eigenvalue weighted by atomic mass is 10.2. The van der Waals surface area contributed by atoms with Crippen molar-refractivity contribution in [2.45, 2.75) is 6.92 Å². The summed E-state index contributed by atoms with van der Waals surface area (Å²) in [6.45, 7) is 1.94. The Morgan fingerprint density at radius 3 is 2.63 bits per heavy atom. The molecule has 2 heterocycles. The number of aromatic nitrogens is 3. The molecule has 7 heteroatoms. The van der Waals surface area contributed by atoms with Gasteiger partial charge in [-0.15, -0.1) is 0 Å². The highest BCUT2D eigenvalue weighted by Gasteiger charge is 2.14. The van der Waals surface area contributed by atoms with E-state index >= 15 is 0 Å². The van der Waals surface area contributed by atoms with Crippen molar-refractivity contribution in [3.05, 3.63) is 32.5 Å². The van der Waals surface area contributed by atoms with E-state index in [1.54, 1.807) is 20.0 Å². The molecule has 2 aromatic heterocycles. The first kappa shape index (κ1) is 13.3. The smallest absolute Gasteiger partial charge is 0.274 e. The van der Waals surface area contributed by atoms with Crippen molar-refractivity contribution in [1.82, 2.24) is 14.3 Å². The van der Waals surface area contributed by atoms with Crippen LogP contribution in [0.4, 0.5) is 5.82 Å². The van der Waals surface area contributed by atoms with Gasteiger partial charge in [0.25, 0.3) is 11.1 Å². The maximum absolute atomic E-state index is 12.3. The summed E-state index contributed by atoms with van der Waals surface area (Å²) < 4.78 is 2.65. The number of nitrogens with one attached hydrogen (secondary N) is 1. The SMILES string of the molecule is Cc1cc2c(=O)n(C)nc(NCCO)c2c(=O)n1C. The number of aliphatic hydroxyl groups is 1. The van der Waals surface area contributed by atoms with Gasteiger partial charge < -0.3 is 15.0 Å². The molecule has 0 spiro atoms. The molecule has 0 aliphatic rings. The summed E-state index contributed by atoms with van der Waals surface area (Å²) in [7, 11) is 3.17. The number of aryl methyl sites for hydroxylation is 2. The number of fused-ring (bicyclic) bond motifs is 1. The van der Waals surface area contributed by atoms with Crippen LogP contribution in [0.25, 0.3) is 10.8 Å². The zero-order valence-corrected chi connectivity index (χ0v) is 11.1. The van der Waals surface area contributed by atoms with E-state index < -0.39 is 0 Å². The maximum Gasteiger partial charge on any atom is 0.274 e. The van der Waals surface area contributed by atoms with Crippen molar-refractivity contribution in [2.24, 2.45) is 14.1 Å². The van der Waals surface area contributed by atoms with E-state index in [4.69, 9.17) is 5.11 Å². The normalized spacial score (nSPS) is 10.9. The molecule has 0 atom stereocenters. The third kappa shape index (κ3) is 2.12. The summed E-state index contributed by atoms with van der Waals surface area (Å²) in [4.78, 5) is 24.3. The second-order valence-corrected chi connectivity index (χ2v) is 4.37. The van der Waals surface area contributed by atoms with Gasteiger partial charge in [0.05, 0.1) is 17.4 Å². The molecule has 2 N–H and O–H groups in total. The third-order valence-electron chi connectivity index (χ3n) is 3.09. The number of anilines is 1. The summed E-state index contributed by atoms with van der Waals surface area (Å²) in [6, 6.07) is 1.67. The molecule has 0 radical (unpaired) electrons. The summed E-state index contributed by atoms with van der Waals surface area (Å²) in [6.07, 6.45) is 0. The number of hydrogen-bond donors (Lipinski definition) is 2. The lowest BCUT2D eigenvalue weighted by Crippen LogP contribution is -2.28. The fourth-order valence-corrected chi connectivity index (χ4v) is 1.94. The van der Waals surface area contributed by atoms with Gasteiger partial charge in [0, 0.05) is 26.3 Å². The monoisotopic (exact) mass is 264 g/mol. The summed E-state index contributed by atoms with van der Waals surface area (Å²) >= 11 is 0. The second-order valence-electron chi connectivity index (χ2n) is 4.37. The quantitative estimate of drug-likeness (QED) is 0.768. The van der Waals surface area contributed by atoms with Crippen molar-refractivity contribution in [3.63, 3.8) is 0 Å². The van der Waals surface area contributed by atoms with Gasteiger partial charge in [-0.25, -0.2) is 4.68 Å². The molecule has 2 aromatic rings. The fraction of sp³-hybridized carbons (Fsp3) is 0.417. The predicted molar refractivity (Wildman–Crippen MR) is 72.5 cm³/mol.